The molecule has 140 valence electrons. The third-order valence-electron chi connectivity index (χ3n) is 6.31. The third kappa shape index (κ3) is 2.74. The number of fused-ring (bicyclic) bond motifs is 3. The van der Waals surface area contributed by atoms with Crippen LogP contribution in [-0.4, -0.2) is 59.0 Å². The molecule has 4 heterocycles. The lowest BCUT2D eigenvalue weighted by molar-refractivity contribution is 0.122. The Balaban J connectivity index is 1.47. The zero-order chi connectivity index (χ0) is 17.5. The van der Waals surface area contributed by atoms with E-state index in [1.807, 2.05) is 0 Å². The minimum Gasteiger partial charge on any atom is -0.383 e. The van der Waals surface area contributed by atoms with E-state index in [2.05, 4.69) is 20.0 Å². The van der Waals surface area contributed by atoms with Gasteiger partial charge in [0.05, 0.1) is 29.8 Å². The van der Waals surface area contributed by atoms with Crippen molar-refractivity contribution in [2.45, 2.75) is 51.1 Å². The molecular formula is C19H28N6O. The van der Waals surface area contributed by atoms with Crippen LogP contribution in [-0.2, 0) is 17.7 Å². The highest BCUT2D eigenvalue weighted by Gasteiger charge is 2.29. The summed E-state index contributed by atoms with van der Waals surface area (Å²) in [7, 11) is 0. The van der Waals surface area contributed by atoms with E-state index in [0.717, 1.165) is 74.3 Å². The number of pyridine rings is 1. The lowest BCUT2D eigenvalue weighted by atomic mass is 9.92. The summed E-state index contributed by atoms with van der Waals surface area (Å²) in [5.74, 6) is 1.55. The number of ether oxygens (including phenoxy) is 1. The van der Waals surface area contributed by atoms with Gasteiger partial charge in [0.2, 0.25) is 0 Å². The van der Waals surface area contributed by atoms with Crippen LogP contribution in [0, 0.1) is 0 Å². The Morgan fingerprint density at radius 3 is 2.69 bits per heavy atom. The van der Waals surface area contributed by atoms with Crippen molar-refractivity contribution in [3.63, 3.8) is 0 Å². The Bertz CT molecular complexity index is 791. The number of H-pyrrole nitrogens is 1. The fourth-order valence-electron chi connectivity index (χ4n) is 4.90. The van der Waals surface area contributed by atoms with Gasteiger partial charge in [-0.05, 0) is 19.3 Å². The van der Waals surface area contributed by atoms with Crippen LogP contribution in [0.2, 0.25) is 0 Å². The molecule has 2 fully saturated rings. The first-order valence-electron chi connectivity index (χ1n) is 10.0. The van der Waals surface area contributed by atoms with E-state index in [1.54, 1.807) is 0 Å². The van der Waals surface area contributed by atoms with Crippen LogP contribution in [0.15, 0.2) is 0 Å². The van der Waals surface area contributed by atoms with Gasteiger partial charge in [-0.3, -0.25) is 10.00 Å². The molecule has 3 aliphatic rings. The monoisotopic (exact) mass is 356 g/mol. The second kappa shape index (κ2) is 6.70. The van der Waals surface area contributed by atoms with Gasteiger partial charge in [-0.1, -0.05) is 19.3 Å². The maximum atomic E-state index is 6.41. The summed E-state index contributed by atoms with van der Waals surface area (Å²) in [6.45, 7) is 5.22. The van der Waals surface area contributed by atoms with E-state index in [1.165, 1.54) is 37.7 Å². The lowest BCUT2D eigenvalue weighted by Crippen LogP contribution is -2.40. The minimum atomic E-state index is 0.611. The van der Waals surface area contributed by atoms with Gasteiger partial charge in [0.25, 0.3) is 0 Å². The van der Waals surface area contributed by atoms with Crippen LogP contribution in [0.4, 0.5) is 11.6 Å². The topological polar surface area (TPSA) is 83.3 Å². The van der Waals surface area contributed by atoms with Crippen molar-refractivity contribution in [2.75, 3.05) is 43.5 Å². The lowest BCUT2D eigenvalue weighted by Gasteiger charge is -2.37. The molecule has 1 aliphatic carbocycles. The van der Waals surface area contributed by atoms with Crippen LogP contribution >= 0.6 is 0 Å². The molecule has 5 rings (SSSR count). The molecule has 7 heteroatoms. The van der Waals surface area contributed by atoms with Crippen LogP contribution < -0.4 is 10.6 Å². The average Bonchev–Trinajstić information content (AvgIpc) is 3.15. The average molecular weight is 356 g/mol. The molecule has 0 aromatic carbocycles. The molecule has 2 aliphatic heterocycles. The normalized spacial score (nSPS) is 22.7. The number of rotatable bonds is 2. The van der Waals surface area contributed by atoms with Crippen molar-refractivity contribution in [1.82, 2.24) is 20.1 Å². The van der Waals surface area contributed by atoms with Crippen molar-refractivity contribution in [3.8, 4) is 0 Å². The van der Waals surface area contributed by atoms with Crippen molar-refractivity contribution in [1.29, 1.82) is 0 Å². The van der Waals surface area contributed by atoms with Gasteiger partial charge in [0, 0.05) is 37.8 Å². The van der Waals surface area contributed by atoms with Crippen molar-refractivity contribution < 1.29 is 4.74 Å². The van der Waals surface area contributed by atoms with Gasteiger partial charge in [0.15, 0.2) is 5.82 Å². The zero-order valence-electron chi connectivity index (χ0n) is 15.3. The first-order chi connectivity index (χ1) is 12.8. The van der Waals surface area contributed by atoms with Crippen LogP contribution in [0.1, 0.15) is 43.4 Å². The predicted molar refractivity (Wildman–Crippen MR) is 102 cm³/mol. The molecule has 26 heavy (non-hydrogen) atoms. The van der Waals surface area contributed by atoms with E-state index < -0.39 is 0 Å². The number of anilines is 2. The summed E-state index contributed by atoms with van der Waals surface area (Å²) in [4.78, 5) is 9.71. The van der Waals surface area contributed by atoms with Gasteiger partial charge in [-0.15, -0.1) is 0 Å². The fourth-order valence-corrected chi connectivity index (χ4v) is 4.90. The largest absolute Gasteiger partial charge is 0.383 e. The first-order valence-corrected chi connectivity index (χ1v) is 10.0. The van der Waals surface area contributed by atoms with Gasteiger partial charge in [0.1, 0.15) is 5.82 Å². The number of aromatic nitrogens is 3. The van der Waals surface area contributed by atoms with Crippen molar-refractivity contribution in [2.24, 2.45) is 0 Å². The maximum absolute atomic E-state index is 6.41. The minimum absolute atomic E-state index is 0.611. The smallest absolute Gasteiger partial charge is 0.162 e. The Morgan fingerprint density at radius 1 is 1.08 bits per heavy atom. The van der Waals surface area contributed by atoms with E-state index in [9.17, 15) is 0 Å². The number of morpholine rings is 1. The molecule has 1 saturated heterocycles. The van der Waals surface area contributed by atoms with E-state index in [4.69, 9.17) is 15.5 Å². The second-order valence-corrected chi connectivity index (χ2v) is 7.83. The molecule has 0 amide bonds. The highest BCUT2D eigenvalue weighted by Crippen LogP contribution is 2.35. The van der Waals surface area contributed by atoms with Crippen molar-refractivity contribution >= 4 is 22.5 Å². The molecule has 0 spiro atoms. The van der Waals surface area contributed by atoms with Crippen LogP contribution in [0.3, 0.4) is 0 Å². The first kappa shape index (κ1) is 16.3. The summed E-state index contributed by atoms with van der Waals surface area (Å²) in [5, 5.41) is 8.88. The summed E-state index contributed by atoms with van der Waals surface area (Å²) < 4.78 is 5.47. The van der Waals surface area contributed by atoms with Gasteiger partial charge in [-0.25, -0.2) is 4.98 Å². The number of nitrogens with two attached hydrogens (primary N) is 1. The van der Waals surface area contributed by atoms with Gasteiger partial charge in [-0.2, -0.15) is 5.10 Å². The number of nitrogens with zero attached hydrogens (tertiary/aromatic N) is 4. The van der Waals surface area contributed by atoms with Crippen LogP contribution in [0.5, 0.6) is 0 Å². The Labute approximate surface area is 153 Å². The molecular weight excluding hydrogens is 328 g/mol. The number of hydrogen-bond acceptors (Lipinski definition) is 6. The number of hydrogen-bond donors (Lipinski definition) is 2. The Kier molecular flexibility index (Phi) is 4.21. The standard InChI is InChI=1S/C19H28N6O/c20-18-16-17(22-23-19(16)24-8-10-26-11-9-24)14-6-7-25(12-15(14)21-18)13-4-2-1-3-5-13/h13H,1-12H2,(H2,20,21)(H,22,23). The van der Waals surface area contributed by atoms with E-state index in [-0.39, 0.29) is 0 Å². The molecule has 0 unspecified atom stereocenters. The fraction of sp³-hybridized carbons (Fsp3) is 0.684. The van der Waals surface area contributed by atoms with E-state index >= 15 is 0 Å². The highest BCUT2D eigenvalue weighted by molar-refractivity contribution is 6.00. The molecule has 2 aromatic heterocycles. The summed E-state index contributed by atoms with van der Waals surface area (Å²) in [6.07, 6.45) is 7.82. The Hall–Kier alpha value is -1.86. The second-order valence-electron chi connectivity index (χ2n) is 7.83. The van der Waals surface area contributed by atoms with Gasteiger partial charge >= 0.3 is 0 Å². The molecule has 0 bridgehead atoms. The Morgan fingerprint density at radius 2 is 1.88 bits per heavy atom. The quantitative estimate of drug-likeness (QED) is 0.857. The molecule has 0 atom stereocenters. The molecule has 3 N–H and O–H groups in total. The van der Waals surface area contributed by atoms with Crippen LogP contribution in [0.25, 0.3) is 10.9 Å². The summed E-state index contributed by atoms with van der Waals surface area (Å²) in [6, 6.07) is 0.723. The molecule has 0 radical (unpaired) electrons. The van der Waals surface area contributed by atoms with Gasteiger partial charge < -0.3 is 15.4 Å². The number of aromatic amines is 1. The summed E-state index contributed by atoms with van der Waals surface area (Å²) in [5.41, 5.74) is 9.96. The molecule has 2 aromatic rings. The zero-order valence-corrected chi connectivity index (χ0v) is 15.3. The maximum Gasteiger partial charge on any atom is 0.162 e. The highest BCUT2D eigenvalue weighted by atomic mass is 16.5. The SMILES string of the molecule is Nc1nc2c(c3[nH]nc(N4CCOCC4)c13)CCN(C1CCCCC1)C2. The predicted octanol–water partition coefficient (Wildman–Crippen LogP) is 2.07. The molecule has 7 nitrogen and oxygen atoms in total. The third-order valence-corrected chi connectivity index (χ3v) is 6.31. The number of nitrogen functional groups attached to an aromatic ring is 1. The molecule has 1 saturated carbocycles. The van der Waals surface area contributed by atoms with Crippen molar-refractivity contribution in [3.05, 3.63) is 11.3 Å². The summed E-state index contributed by atoms with van der Waals surface area (Å²) >= 11 is 0. The van der Waals surface area contributed by atoms with E-state index in [0.29, 0.717) is 5.82 Å². The number of nitrogens with one attached hydrogen (secondary N) is 1.